The third-order valence-corrected chi connectivity index (χ3v) is 3.91. The molecule has 1 rings (SSSR count). The summed E-state index contributed by atoms with van der Waals surface area (Å²) in [4.78, 5) is 3.70. The number of pyridine rings is 1. The number of alkyl halides is 2. The van der Waals surface area contributed by atoms with E-state index in [-0.39, 0.29) is 12.1 Å². The fourth-order valence-electron chi connectivity index (χ4n) is 0.895. The van der Waals surface area contributed by atoms with Crippen molar-refractivity contribution in [3.8, 4) is 6.07 Å². The number of aromatic nitrogens is 1. The second-order valence-corrected chi connectivity index (χ2v) is 4.26. The molecule has 0 saturated carbocycles. The van der Waals surface area contributed by atoms with Crippen LogP contribution in [0.25, 0.3) is 0 Å². The summed E-state index contributed by atoms with van der Waals surface area (Å²) in [5.74, 6) is 0. The molecule has 1 heterocycles. The van der Waals surface area contributed by atoms with E-state index >= 15 is 0 Å². The SMILES string of the molecule is N#CCc1cc(C(F)F)nc(I)c1Br. The average Bonchev–Trinajstić information content (AvgIpc) is 2.12. The zero-order valence-electron chi connectivity index (χ0n) is 6.77. The minimum atomic E-state index is -2.60. The molecule has 74 valence electrons. The summed E-state index contributed by atoms with van der Waals surface area (Å²) in [7, 11) is 0. The Bertz CT molecular complexity index is 390. The van der Waals surface area contributed by atoms with E-state index in [9.17, 15) is 8.78 Å². The molecule has 0 aliphatic carbocycles. The van der Waals surface area contributed by atoms with Gasteiger partial charge in [-0.05, 0) is 50.2 Å². The molecular weight excluding hydrogens is 369 g/mol. The summed E-state index contributed by atoms with van der Waals surface area (Å²) in [5, 5.41) is 8.48. The molecule has 1 aromatic heterocycles. The van der Waals surface area contributed by atoms with Crippen LogP contribution >= 0.6 is 38.5 Å². The molecule has 0 amide bonds. The highest BCUT2D eigenvalue weighted by molar-refractivity contribution is 14.1. The quantitative estimate of drug-likeness (QED) is 0.589. The molecule has 1 aromatic rings. The highest BCUT2D eigenvalue weighted by atomic mass is 127. The maximum Gasteiger partial charge on any atom is 0.280 e. The van der Waals surface area contributed by atoms with Crippen LogP contribution in [0.5, 0.6) is 0 Å². The second-order valence-electron chi connectivity index (χ2n) is 2.45. The molecule has 0 atom stereocenters. The van der Waals surface area contributed by atoms with Gasteiger partial charge < -0.3 is 0 Å². The average molecular weight is 373 g/mol. The summed E-state index contributed by atoms with van der Waals surface area (Å²) in [5.41, 5.74) is 0.255. The van der Waals surface area contributed by atoms with Gasteiger partial charge in [0.05, 0.1) is 17.0 Å². The van der Waals surface area contributed by atoms with Crippen molar-refractivity contribution in [1.29, 1.82) is 5.26 Å². The van der Waals surface area contributed by atoms with Crippen LogP contribution in [-0.4, -0.2) is 4.98 Å². The number of hydrogen-bond acceptors (Lipinski definition) is 2. The molecule has 2 nitrogen and oxygen atoms in total. The monoisotopic (exact) mass is 372 g/mol. The van der Waals surface area contributed by atoms with Gasteiger partial charge in [-0.3, -0.25) is 0 Å². The van der Waals surface area contributed by atoms with Crippen LogP contribution in [0.2, 0.25) is 0 Å². The first-order valence-electron chi connectivity index (χ1n) is 3.56. The van der Waals surface area contributed by atoms with Crippen LogP contribution in [0.15, 0.2) is 10.5 Å². The minimum Gasteiger partial charge on any atom is -0.240 e. The van der Waals surface area contributed by atoms with Gasteiger partial charge in [0, 0.05) is 0 Å². The molecule has 0 spiro atoms. The van der Waals surface area contributed by atoms with Gasteiger partial charge in [-0.15, -0.1) is 0 Å². The lowest BCUT2D eigenvalue weighted by Crippen LogP contribution is -1.98. The fraction of sp³-hybridized carbons (Fsp3) is 0.250. The van der Waals surface area contributed by atoms with E-state index in [2.05, 4.69) is 20.9 Å². The van der Waals surface area contributed by atoms with E-state index < -0.39 is 6.43 Å². The Kier molecular flexibility index (Phi) is 4.19. The van der Waals surface area contributed by atoms with E-state index in [1.807, 2.05) is 28.7 Å². The van der Waals surface area contributed by atoms with Crippen LogP contribution in [0, 0.1) is 15.0 Å². The Balaban J connectivity index is 3.22. The summed E-state index contributed by atoms with van der Waals surface area (Å²) in [6.45, 7) is 0. The van der Waals surface area contributed by atoms with Crippen LogP contribution in [0.3, 0.4) is 0 Å². The topological polar surface area (TPSA) is 36.7 Å². The molecule has 0 radical (unpaired) electrons. The fourth-order valence-corrected chi connectivity index (χ4v) is 1.86. The zero-order chi connectivity index (χ0) is 10.7. The molecule has 0 fully saturated rings. The van der Waals surface area contributed by atoms with E-state index in [1.54, 1.807) is 0 Å². The third kappa shape index (κ3) is 2.60. The lowest BCUT2D eigenvalue weighted by molar-refractivity contribution is 0.145. The van der Waals surface area contributed by atoms with Gasteiger partial charge in [0.2, 0.25) is 0 Å². The highest BCUT2D eigenvalue weighted by Gasteiger charge is 2.14. The maximum absolute atomic E-state index is 12.3. The predicted molar refractivity (Wildman–Crippen MR) is 58.9 cm³/mol. The molecule has 0 N–H and O–H groups in total. The predicted octanol–water partition coefficient (Wildman–Crippen LogP) is 3.45. The Labute approximate surface area is 102 Å². The van der Waals surface area contributed by atoms with Gasteiger partial charge in [-0.1, -0.05) is 0 Å². The van der Waals surface area contributed by atoms with Crippen molar-refractivity contribution in [3.63, 3.8) is 0 Å². The standard InChI is InChI=1S/C8H4BrF2IN2/c9-6-4(1-2-13)3-5(7(10)11)14-8(6)12/h3,7H,1H2. The number of halogens is 4. The van der Waals surface area contributed by atoms with E-state index in [0.29, 0.717) is 13.7 Å². The number of nitrogens with zero attached hydrogens (tertiary/aromatic N) is 2. The Morgan fingerprint density at radius 2 is 2.29 bits per heavy atom. The Morgan fingerprint density at radius 1 is 1.64 bits per heavy atom. The van der Waals surface area contributed by atoms with Crippen molar-refractivity contribution in [1.82, 2.24) is 4.98 Å². The number of nitriles is 1. The first-order chi connectivity index (χ1) is 6.56. The molecule has 0 bridgehead atoms. The van der Waals surface area contributed by atoms with Crippen molar-refractivity contribution in [3.05, 3.63) is 25.5 Å². The van der Waals surface area contributed by atoms with Crippen LogP contribution in [-0.2, 0) is 6.42 Å². The molecule has 6 heteroatoms. The summed E-state index contributed by atoms with van der Waals surface area (Å²) in [6, 6.07) is 3.16. The molecule has 0 unspecified atom stereocenters. The molecule has 0 aliphatic rings. The lowest BCUT2D eigenvalue weighted by atomic mass is 10.2. The summed E-state index contributed by atoms with van der Waals surface area (Å²) in [6.07, 6.45) is -2.51. The third-order valence-electron chi connectivity index (χ3n) is 1.51. The van der Waals surface area contributed by atoms with Crippen molar-refractivity contribution in [2.75, 3.05) is 0 Å². The van der Waals surface area contributed by atoms with Crippen LogP contribution in [0.4, 0.5) is 8.78 Å². The molecular formula is C8H4BrF2IN2. The van der Waals surface area contributed by atoms with E-state index in [0.717, 1.165) is 0 Å². The van der Waals surface area contributed by atoms with Crippen LogP contribution in [0.1, 0.15) is 17.7 Å². The van der Waals surface area contributed by atoms with Gasteiger partial charge >= 0.3 is 0 Å². The van der Waals surface area contributed by atoms with Gasteiger partial charge in [0.25, 0.3) is 6.43 Å². The number of hydrogen-bond donors (Lipinski definition) is 0. The molecule has 14 heavy (non-hydrogen) atoms. The number of rotatable bonds is 2. The molecule has 0 saturated heterocycles. The van der Waals surface area contributed by atoms with Crippen molar-refractivity contribution in [2.45, 2.75) is 12.8 Å². The smallest absolute Gasteiger partial charge is 0.240 e. The molecule has 0 aliphatic heterocycles. The first-order valence-corrected chi connectivity index (χ1v) is 5.43. The van der Waals surface area contributed by atoms with Crippen molar-refractivity contribution >= 4 is 38.5 Å². The van der Waals surface area contributed by atoms with Gasteiger partial charge in [0.15, 0.2) is 0 Å². The minimum absolute atomic E-state index is 0.0961. The maximum atomic E-state index is 12.3. The van der Waals surface area contributed by atoms with Gasteiger partial charge in [0.1, 0.15) is 9.39 Å². The lowest BCUT2D eigenvalue weighted by Gasteiger charge is -2.05. The van der Waals surface area contributed by atoms with E-state index in [1.165, 1.54) is 6.07 Å². The Morgan fingerprint density at radius 3 is 2.79 bits per heavy atom. The van der Waals surface area contributed by atoms with Gasteiger partial charge in [-0.2, -0.15) is 5.26 Å². The van der Waals surface area contributed by atoms with Gasteiger partial charge in [-0.25, -0.2) is 13.8 Å². The summed E-state index contributed by atoms with van der Waals surface area (Å²) < 4.78 is 25.7. The zero-order valence-corrected chi connectivity index (χ0v) is 10.5. The van der Waals surface area contributed by atoms with E-state index in [4.69, 9.17) is 5.26 Å². The highest BCUT2D eigenvalue weighted by Crippen LogP contribution is 2.27. The Hall–Kier alpha value is -0.290. The van der Waals surface area contributed by atoms with Crippen LogP contribution < -0.4 is 0 Å². The van der Waals surface area contributed by atoms with Crippen molar-refractivity contribution in [2.24, 2.45) is 0 Å². The molecule has 0 aromatic carbocycles. The van der Waals surface area contributed by atoms with Crippen molar-refractivity contribution < 1.29 is 8.78 Å². The summed E-state index contributed by atoms with van der Waals surface area (Å²) >= 11 is 5.05. The second kappa shape index (κ2) is 4.98. The largest absolute Gasteiger partial charge is 0.280 e. The first kappa shape index (κ1) is 11.8. The normalized spacial score (nSPS) is 10.3.